The van der Waals surface area contributed by atoms with Gasteiger partial charge in [0.15, 0.2) is 0 Å². The Morgan fingerprint density at radius 3 is 3.00 bits per heavy atom. The number of hydrogen-bond donors (Lipinski definition) is 0. The van der Waals surface area contributed by atoms with E-state index in [9.17, 15) is 0 Å². The Bertz CT molecular complexity index is 619. The zero-order chi connectivity index (χ0) is 11.5. The second-order valence-electron chi connectivity index (χ2n) is 3.78. The zero-order valence-electron chi connectivity index (χ0n) is 9.17. The van der Waals surface area contributed by atoms with Crippen LogP contribution in [0.1, 0.15) is 5.56 Å². The summed E-state index contributed by atoms with van der Waals surface area (Å²) in [6.07, 6.45) is 1.77. The molecule has 0 bridgehead atoms. The molecule has 0 spiro atoms. The van der Waals surface area contributed by atoms with Crippen molar-refractivity contribution in [3.05, 3.63) is 58.9 Å². The highest BCUT2D eigenvalue weighted by atomic mass is 32.1. The predicted molar refractivity (Wildman–Crippen MR) is 70.4 cm³/mol. The number of rotatable bonds is 3. The molecule has 0 saturated heterocycles. The van der Waals surface area contributed by atoms with E-state index in [2.05, 4.69) is 21.8 Å². The van der Waals surface area contributed by atoms with Crippen molar-refractivity contribution >= 4 is 22.2 Å². The van der Waals surface area contributed by atoms with Crippen LogP contribution in [0.25, 0.3) is 10.9 Å². The number of thiophene rings is 1. The Hall–Kier alpha value is -1.87. The van der Waals surface area contributed by atoms with Gasteiger partial charge in [-0.3, -0.25) is 4.98 Å². The predicted octanol–water partition coefficient (Wildman–Crippen LogP) is 3.88. The first-order chi connectivity index (χ1) is 8.42. The van der Waals surface area contributed by atoms with Crippen molar-refractivity contribution < 1.29 is 4.74 Å². The molecule has 84 valence electrons. The molecule has 2 aromatic heterocycles. The molecular weight excluding hydrogens is 230 g/mol. The normalized spacial score (nSPS) is 10.6. The van der Waals surface area contributed by atoms with Gasteiger partial charge < -0.3 is 4.74 Å². The Labute approximate surface area is 104 Å². The Kier molecular flexibility index (Phi) is 2.76. The molecule has 17 heavy (non-hydrogen) atoms. The van der Waals surface area contributed by atoms with Crippen LogP contribution in [-0.2, 0) is 6.61 Å². The number of nitrogens with zero attached hydrogens (tertiary/aromatic N) is 1. The van der Waals surface area contributed by atoms with E-state index in [1.807, 2.05) is 30.3 Å². The lowest BCUT2D eigenvalue weighted by atomic mass is 10.2. The van der Waals surface area contributed by atoms with E-state index in [4.69, 9.17) is 4.74 Å². The smallest absolute Gasteiger partial charge is 0.138 e. The van der Waals surface area contributed by atoms with Gasteiger partial charge in [-0.1, -0.05) is 18.2 Å². The van der Waals surface area contributed by atoms with Crippen molar-refractivity contribution in [2.75, 3.05) is 0 Å². The molecule has 0 radical (unpaired) electrons. The van der Waals surface area contributed by atoms with Crippen LogP contribution in [0.3, 0.4) is 0 Å². The average Bonchev–Trinajstić information content (AvgIpc) is 2.89. The molecule has 0 aliphatic heterocycles. The summed E-state index contributed by atoms with van der Waals surface area (Å²) in [5.74, 6) is 0.815. The topological polar surface area (TPSA) is 22.1 Å². The summed E-state index contributed by atoms with van der Waals surface area (Å²) in [6, 6.07) is 12.1. The van der Waals surface area contributed by atoms with Crippen LogP contribution in [0, 0.1) is 0 Å². The first-order valence-electron chi connectivity index (χ1n) is 5.40. The minimum atomic E-state index is 0.601. The molecule has 2 heterocycles. The molecule has 0 unspecified atom stereocenters. The molecule has 3 rings (SSSR count). The molecule has 0 N–H and O–H groups in total. The standard InChI is InChI=1S/C14H11NOS/c1-2-4-14-12(3-1)7-13(8-15-14)16-9-11-5-6-17-10-11/h1-8,10H,9H2. The van der Waals surface area contributed by atoms with Gasteiger partial charge in [-0.05, 0) is 34.5 Å². The molecular formula is C14H11NOS. The van der Waals surface area contributed by atoms with E-state index in [0.29, 0.717) is 6.61 Å². The molecule has 3 heteroatoms. The third-order valence-electron chi connectivity index (χ3n) is 2.55. The molecule has 0 saturated carbocycles. The van der Waals surface area contributed by atoms with E-state index in [1.54, 1.807) is 17.5 Å². The minimum absolute atomic E-state index is 0.601. The molecule has 1 aromatic carbocycles. The Morgan fingerprint density at radius 1 is 1.18 bits per heavy atom. The van der Waals surface area contributed by atoms with Crippen molar-refractivity contribution in [3.63, 3.8) is 0 Å². The van der Waals surface area contributed by atoms with Gasteiger partial charge in [0.2, 0.25) is 0 Å². The summed E-state index contributed by atoms with van der Waals surface area (Å²) in [7, 11) is 0. The van der Waals surface area contributed by atoms with E-state index in [1.165, 1.54) is 5.56 Å². The van der Waals surface area contributed by atoms with Crippen LogP contribution >= 0.6 is 11.3 Å². The van der Waals surface area contributed by atoms with Crippen LogP contribution in [0.15, 0.2) is 53.4 Å². The van der Waals surface area contributed by atoms with Crippen LogP contribution in [-0.4, -0.2) is 4.98 Å². The minimum Gasteiger partial charge on any atom is -0.487 e. The fourth-order valence-electron chi connectivity index (χ4n) is 1.67. The van der Waals surface area contributed by atoms with Gasteiger partial charge in [0.25, 0.3) is 0 Å². The fourth-order valence-corrected chi connectivity index (χ4v) is 2.32. The average molecular weight is 241 g/mol. The first-order valence-corrected chi connectivity index (χ1v) is 6.35. The summed E-state index contributed by atoms with van der Waals surface area (Å²) in [4.78, 5) is 4.36. The SMILES string of the molecule is c1ccc2ncc(OCc3ccsc3)cc2c1. The number of aromatic nitrogens is 1. The summed E-state index contributed by atoms with van der Waals surface area (Å²) in [5, 5.41) is 5.25. The van der Waals surface area contributed by atoms with Crippen molar-refractivity contribution in [1.29, 1.82) is 0 Å². The maximum atomic E-state index is 5.70. The second-order valence-corrected chi connectivity index (χ2v) is 4.56. The number of fused-ring (bicyclic) bond motifs is 1. The summed E-state index contributed by atoms with van der Waals surface area (Å²) in [5.41, 5.74) is 2.19. The summed E-state index contributed by atoms with van der Waals surface area (Å²) < 4.78 is 5.70. The summed E-state index contributed by atoms with van der Waals surface area (Å²) in [6.45, 7) is 0.601. The van der Waals surface area contributed by atoms with Crippen LogP contribution < -0.4 is 4.74 Å². The van der Waals surface area contributed by atoms with Gasteiger partial charge in [0, 0.05) is 5.39 Å². The molecule has 0 aliphatic rings. The monoisotopic (exact) mass is 241 g/mol. The molecule has 2 nitrogen and oxygen atoms in total. The highest BCUT2D eigenvalue weighted by Gasteiger charge is 1.99. The van der Waals surface area contributed by atoms with E-state index < -0.39 is 0 Å². The second kappa shape index (κ2) is 4.55. The number of pyridine rings is 1. The lowest BCUT2D eigenvalue weighted by Crippen LogP contribution is -1.94. The van der Waals surface area contributed by atoms with Crippen LogP contribution in [0.2, 0.25) is 0 Å². The summed E-state index contributed by atoms with van der Waals surface area (Å²) >= 11 is 1.68. The van der Waals surface area contributed by atoms with Gasteiger partial charge >= 0.3 is 0 Å². The largest absolute Gasteiger partial charge is 0.487 e. The van der Waals surface area contributed by atoms with E-state index in [0.717, 1.165) is 16.7 Å². The highest BCUT2D eigenvalue weighted by molar-refractivity contribution is 7.07. The number of hydrogen-bond acceptors (Lipinski definition) is 3. The van der Waals surface area contributed by atoms with E-state index >= 15 is 0 Å². The quantitative estimate of drug-likeness (QED) is 0.694. The Balaban J connectivity index is 1.81. The van der Waals surface area contributed by atoms with Gasteiger partial charge in [-0.2, -0.15) is 11.3 Å². The molecule has 0 aliphatic carbocycles. The van der Waals surface area contributed by atoms with Crippen molar-refractivity contribution in [2.45, 2.75) is 6.61 Å². The first kappa shape index (κ1) is 10.3. The van der Waals surface area contributed by atoms with Crippen LogP contribution in [0.5, 0.6) is 5.75 Å². The maximum Gasteiger partial charge on any atom is 0.138 e. The fraction of sp³-hybridized carbons (Fsp3) is 0.0714. The van der Waals surface area contributed by atoms with Crippen molar-refractivity contribution in [3.8, 4) is 5.75 Å². The third-order valence-corrected chi connectivity index (χ3v) is 3.28. The lowest BCUT2D eigenvalue weighted by Gasteiger charge is -2.05. The third kappa shape index (κ3) is 2.29. The highest BCUT2D eigenvalue weighted by Crippen LogP contribution is 2.19. The van der Waals surface area contributed by atoms with Crippen molar-refractivity contribution in [2.24, 2.45) is 0 Å². The van der Waals surface area contributed by atoms with Gasteiger partial charge in [0.05, 0.1) is 11.7 Å². The molecule has 0 atom stereocenters. The maximum absolute atomic E-state index is 5.70. The van der Waals surface area contributed by atoms with Crippen LogP contribution in [0.4, 0.5) is 0 Å². The van der Waals surface area contributed by atoms with Gasteiger partial charge in [0.1, 0.15) is 12.4 Å². The Morgan fingerprint density at radius 2 is 2.12 bits per heavy atom. The molecule has 3 aromatic rings. The number of para-hydroxylation sites is 1. The van der Waals surface area contributed by atoms with Gasteiger partial charge in [-0.15, -0.1) is 0 Å². The molecule has 0 fully saturated rings. The van der Waals surface area contributed by atoms with E-state index in [-0.39, 0.29) is 0 Å². The van der Waals surface area contributed by atoms with Gasteiger partial charge in [-0.25, -0.2) is 0 Å². The number of ether oxygens (including phenoxy) is 1. The lowest BCUT2D eigenvalue weighted by molar-refractivity contribution is 0.306. The van der Waals surface area contributed by atoms with Crippen molar-refractivity contribution in [1.82, 2.24) is 4.98 Å². The number of benzene rings is 1. The molecule has 0 amide bonds. The zero-order valence-corrected chi connectivity index (χ0v) is 9.98.